The average Bonchev–Trinajstić information content (AvgIpc) is 3.05. The molecule has 100 valence electrons. The number of alkyl halides is 3. The second-order valence-corrected chi connectivity index (χ2v) is 4.29. The van der Waals surface area contributed by atoms with Gasteiger partial charge in [0.15, 0.2) is 6.10 Å². The third-order valence-electron chi connectivity index (χ3n) is 2.39. The van der Waals surface area contributed by atoms with E-state index in [4.69, 9.17) is 21.1 Å². The van der Waals surface area contributed by atoms with Gasteiger partial charge in [0.25, 0.3) is 0 Å². The van der Waals surface area contributed by atoms with Crippen LogP contribution in [-0.4, -0.2) is 25.5 Å². The Kier molecular flexibility index (Phi) is 3.79. The van der Waals surface area contributed by atoms with Crippen LogP contribution in [0.25, 0.3) is 0 Å². The SMILES string of the molecule is Fc1ccc([C@H](OC[C@@H]2CO2)C(F)(F)F)cc1Cl. The van der Waals surface area contributed by atoms with Crippen molar-refractivity contribution in [1.82, 2.24) is 0 Å². The molecule has 0 saturated carbocycles. The monoisotopic (exact) mass is 284 g/mol. The van der Waals surface area contributed by atoms with Gasteiger partial charge in [-0.25, -0.2) is 4.39 Å². The maximum atomic E-state index is 12.9. The van der Waals surface area contributed by atoms with Crippen molar-refractivity contribution in [2.75, 3.05) is 13.2 Å². The number of ether oxygens (including phenoxy) is 2. The minimum absolute atomic E-state index is 0.154. The molecule has 1 aromatic carbocycles. The van der Waals surface area contributed by atoms with Crippen LogP contribution < -0.4 is 0 Å². The van der Waals surface area contributed by atoms with E-state index in [1.807, 2.05) is 0 Å². The summed E-state index contributed by atoms with van der Waals surface area (Å²) in [5, 5.41) is -0.368. The summed E-state index contributed by atoms with van der Waals surface area (Å²) >= 11 is 5.46. The van der Waals surface area contributed by atoms with Gasteiger partial charge in [-0.15, -0.1) is 0 Å². The van der Waals surface area contributed by atoms with Crippen molar-refractivity contribution >= 4 is 11.6 Å². The lowest BCUT2D eigenvalue weighted by Gasteiger charge is -2.21. The molecule has 1 aromatic rings. The Bertz CT molecular complexity index is 432. The lowest BCUT2D eigenvalue weighted by Crippen LogP contribution is -2.25. The summed E-state index contributed by atoms with van der Waals surface area (Å²) < 4.78 is 60.9. The van der Waals surface area contributed by atoms with Gasteiger partial charge < -0.3 is 9.47 Å². The quantitative estimate of drug-likeness (QED) is 0.623. The van der Waals surface area contributed by atoms with E-state index in [1.54, 1.807) is 0 Å². The van der Waals surface area contributed by atoms with Gasteiger partial charge in [0.1, 0.15) is 11.9 Å². The zero-order chi connectivity index (χ0) is 13.3. The Morgan fingerprint density at radius 3 is 2.61 bits per heavy atom. The van der Waals surface area contributed by atoms with Gasteiger partial charge in [0.05, 0.1) is 18.2 Å². The fourth-order valence-corrected chi connectivity index (χ4v) is 1.61. The maximum Gasteiger partial charge on any atom is 0.418 e. The van der Waals surface area contributed by atoms with Crippen LogP contribution in [0.3, 0.4) is 0 Å². The van der Waals surface area contributed by atoms with Crippen LogP contribution in [-0.2, 0) is 9.47 Å². The highest BCUT2D eigenvalue weighted by Crippen LogP contribution is 2.37. The van der Waals surface area contributed by atoms with Crippen LogP contribution in [0.1, 0.15) is 11.7 Å². The third-order valence-corrected chi connectivity index (χ3v) is 2.68. The Hall–Kier alpha value is -0.850. The lowest BCUT2D eigenvalue weighted by atomic mass is 10.1. The van der Waals surface area contributed by atoms with Crippen LogP contribution in [0.2, 0.25) is 5.02 Å². The fraction of sp³-hybridized carbons (Fsp3) is 0.455. The van der Waals surface area contributed by atoms with E-state index in [0.717, 1.165) is 18.2 Å². The van der Waals surface area contributed by atoms with Crippen molar-refractivity contribution < 1.29 is 27.0 Å². The third kappa shape index (κ3) is 3.34. The van der Waals surface area contributed by atoms with Gasteiger partial charge in [-0.1, -0.05) is 17.7 Å². The molecule has 0 unspecified atom stereocenters. The molecule has 7 heteroatoms. The molecule has 0 radical (unpaired) electrons. The van der Waals surface area contributed by atoms with E-state index in [9.17, 15) is 17.6 Å². The largest absolute Gasteiger partial charge is 0.418 e. The van der Waals surface area contributed by atoms with Crippen molar-refractivity contribution in [2.24, 2.45) is 0 Å². The number of hydrogen-bond acceptors (Lipinski definition) is 2. The van der Waals surface area contributed by atoms with Crippen molar-refractivity contribution in [1.29, 1.82) is 0 Å². The zero-order valence-electron chi connectivity index (χ0n) is 9.01. The van der Waals surface area contributed by atoms with E-state index in [-0.39, 0.29) is 23.3 Å². The molecule has 0 aromatic heterocycles. The molecule has 0 amide bonds. The van der Waals surface area contributed by atoms with Crippen LogP contribution in [0, 0.1) is 5.82 Å². The smallest absolute Gasteiger partial charge is 0.371 e. The van der Waals surface area contributed by atoms with Gasteiger partial charge in [-0.05, 0) is 17.7 Å². The molecule has 0 spiro atoms. The molecule has 1 fully saturated rings. The Labute approximate surface area is 105 Å². The molecule has 1 heterocycles. The normalized spacial score (nSPS) is 20.8. The van der Waals surface area contributed by atoms with E-state index >= 15 is 0 Å². The number of benzene rings is 1. The molecule has 18 heavy (non-hydrogen) atoms. The van der Waals surface area contributed by atoms with Gasteiger partial charge >= 0.3 is 6.18 Å². The molecular weight excluding hydrogens is 276 g/mol. The molecule has 2 nitrogen and oxygen atoms in total. The second kappa shape index (κ2) is 5.03. The predicted molar refractivity (Wildman–Crippen MR) is 55.9 cm³/mol. The first-order valence-corrected chi connectivity index (χ1v) is 5.50. The van der Waals surface area contributed by atoms with E-state index in [1.165, 1.54) is 0 Å². The van der Waals surface area contributed by atoms with Crippen molar-refractivity contribution in [3.63, 3.8) is 0 Å². The standard InChI is InChI=1S/C11H9ClF4O2/c12-8-3-6(1-2-9(8)13)10(11(14,15)16)18-5-7-4-17-7/h1-3,7,10H,4-5H2/t7-,10-/m0/s1. The molecule has 2 atom stereocenters. The number of epoxide rings is 1. The molecule has 2 rings (SSSR count). The van der Waals surface area contributed by atoms with Gasteiger partial charge in [0, 0.05) is 0 Å². The van der Waals surface area contributed by atoms with Crippen LogP contribution in [0.4, 0.5) is 17.6 Å². The number of rotatable bonds is 4. The van der Waals surface area contributed by atoms with Gasteiger partial charge in [0.2, 0.25) is 0 Å². The van der Waals surface area contributed by atoms with Crippen molar-refractivity contribution in [3.8, 4) is 0 Å². The summed E-state index contributed by atoms with van der Waals surface area (Å²) in [5.74, 6) is -0.771. The highest BCUT2D eigenvalue weighted by atomic mass is 35.5. The Morgan fingerprint density at radius 2 is 2.11 bits per heavy atom. The number of hydrogen-bond donors (Lipinski definition) is 0. The van der Waals surface area contributed by atoms with Crippen molar-refractivity contribution in [2.45, 2.75) is 18.4 Å². The highest BCUT2D eigenvalue weighted by molar-refractivity contribution is 6.30. The molecular formula is C11H9ClF4O2. The summed E-state index contributed by atoms with van der Waals surface area (Å²) in [7, 11) is 0. The Morgan fingerprint density at radius 1 is 1.44 bits per heavy atom. The zero-order valence-corrected chi connectivity index (χ0v) is 9.76. The average molecular weight is 285 g/mol. The van der Waals surface area contributed by atoms with Crippen LogP contribution in [0.5, 0.6) is 0 Å². The summed E-state index contributed by atoms with van der Waals surface area (Å²) in [4.78, 5) is 0. The summed E-state index contributed by atoms with van der Waals surface area (Å²) in [5.41, 5.74) is -0.227. The molecule has 1 saturated heterocycles. The number of halogens is 5. The fourth-order valence-electron chi connectivity index (χ4n) is 1.42. The molecule has 1 aliphatic rings. The van der Waals surface area contributed by atoms with Crippen molar-refractivity contribution in [3.05, 3.63) is 34.6 Å². The first kappa shape index (κ1) is 13.6. The first-order valence-electron chi connectivity index (χ1n) is 5.13. The summed E-state index contributed by atoms with van der Waals surface area (Å²) in [6.45, 7) is 0.244. The Balaban J connectivity index is 2.17. The topological polar surface area (TPSA) is 21.8 Å². The second-order valence-electron chi connectivity index (χ2n) is 3.88. The first-order chi connectivity index (χ1) is 8.38. The molecule has 0 aliphatic carbocycles. The van der Waals surface area contributed by atoms with E-state index < -0.39 is 18.1 Å². The van der Waals surface area contributed by atoms with E-state index in [2.05, 4.69) is 0 Å². The van der Waals surface area contributed by atoms with E-state index in [0.29, 0.717) is 6.61 Å². The summed E-state index contributed by atoms with van der Waals surface area (Å²) in [6, 6.07) is 2.81. The van der Waals surface area contributed by atoms with Gasteiger partial charge in [-0.2, -0.15) is 13.2 Å². The minimum atomic E-state index is -4.59. The van der Waals surface area contributed by atoms with Crippen LogP contribution in [0.15, 0.2) is 18.2 Å². The maximum absolute atomic E-state index is 12.9. The minimum Gasteiger partial charge on any atom is -0.371 e. The predicted octanol–water partition coefficient (Wildman–Crippen LogP) is 3.50. The summed E-state index contributed by atoms with van der Waals surface area (Å²) in [6.07, 6.45) is -7.00. The highest BCUT2D eigenvalue weighted by Gasteiger charge is 2.43. The van der Waals surface area contributed by atoms with Crippen LogP contribution >= 0.6 is 11.6 Å². The lowest BCUT2D eigenvalue weighted by molar-refractivity contribution is -0.224. The molecule has 0 N–H and O–H groups in total. The molecule has 1 aliphatic heterocycles. The van der Waals surface area contributed by atoms with Gasteiger partial charge in [-0.3, -0.25) is 0 Å². The molecule has 0 bridgehead atoms.